The summed E-state index contributed by atoms with van der Waals surface area (Å²) < 4.78 is 3.65. The molecule has 2 aromatic carbocycles. The molecule has 0 aliphatic heterocycles. The number of nitrogens with zero attached hydrogens (tertiary/aromatic N) is 1. The summed E-state index contributed by atoms with van der Waals surface area (Å²) in [5.41, 5.74) is 4.19. The smallest absolute Gasteiger partial charge is 0.259 e. The van der Waals surface area contributed by atoms with Gasteiger partial charge in [-0.1, -0.05) is 28.1 Å². The fourth-order valence-electron chi connectivity index (χ4n) is 1.64. The van der Waals surface area contributed by atoms with E-state index < -0.39 is 0 Å². The van der Waals surface area contributed by atoms with Crippen LogP contribution in [0, 0.1) is 0 Å². The number of hydrogen-bond acceptors (Lipinski definition) is 3. The highest BCUT2D eigenvalue weighted by Gasteiger charge is 2.06. The molecule has 0 unspecified atom stereocenters. The SMILES string of the molecule is O=C(CNc1cc(Br)c(Br)cc1Br)N/N=C/c1cccc(Br)c1. The van der Waals surface area contributed by atoms with Crippen LogP contribution in [0.2, 0.25) is 0 Å². The average Bonchev–Trinajstić information content (AvgIpc) is 2.50. The summed E-state index contributed by atoms with van der Waals surface area (Å²) in [7, 11) is 0. The lowest BCUT2D eigenvalue weighted by molar-refractivity contribution is -0.119. The van der Waals surface area contributed by atoms with Crippen molar-refractivity contribution in [3.05, 3.63) is 59.9 Å². The van der Waals surface area contributed by atoms with Crippen LogP contribution in [-0.2, 0) is 4.79 Å². The van der Waals surface area contributed by atoms with Crippen molar-refractivity contribution >= 4 is 81.5 Å². The Balaban J connectivity index is 1.87. The molecule has 0 atom stereocenters. The molecule has 0 aromatic heterocycles. The molecular formula is C15H11Br4N3O. The van der Waals surface area contributed by atoms with Crippen LogP contribution in [0.5, 0.6) is 0 Å². The number of amides is 1. The molecule has 1 amide bonds. The zero-order chi connectivity index (χ0) is 16.8. The topological polar surface area (TPSA) is 53.5 Å². The van der Waals surface area contributed by atoms with Gasteiger partial charge in [0, 0.05) is 17.9 Å². The second kappa shape index (κ2) is 8.96. The minimum atomic E-state index is -0.234. The maximum atomic E-state index is 11.8. The largest absolute Gasteiger partial charge is 0.375 e. The molecule has 0 aliphatic rings. The van der Waals surface area contributed by atoms with Crippen molar-refractivity contribution in [3.8, 4) is 0 Å². The van der Waals surface area contributed by atoms with E-state index in [0.717, 1.165) is 29.1 Å². The highest BCUT2D eigenvalue weighted by atomic mass is 79.9. The molecule has 0 spiro atoms. The quantitative estimate of drug-likeness (QED) is 0.292. The van der Waals surface area contributed by atoms with Gasteiger partial charge in [0.1, 0.15) is 0 Å². The Morgan fingerprint density at radius 3 is 2.52 bits per heavy atom. The number of nitrogens with one attached hydrogen (secondary N) is 2. The van der Waals surface area contributed by atoms with Crippen molar-refractivity contribution in [1.82, 2.24) is 5.43 Å². The Bertz CT molecular complexity index is 749. The summed E-state index contributed by atoms with van der Waals surface area (Å²) in [6.07, 6.45) is 1.59. The van der Waals surface area contributed by atoms with Crippen LogP contribution in [0.25, 0.3) is 0 Å². The first kappa shape index (κ1) is 18.6. The number of hydrazone groups is 1. The summed E-state index contributed by atoms with van der Waals surface area (Å²) >= 11 is 13.7. The van der Waals surface area contributed by atoms with Crippen molar-refractivity contribution in [1.29, 1.82) is 0 Å². The minimum absolute atomic E-state index is 0.114. The summed E-state index contributed by atoms with van der Waals surface area (Å²) in [6.45, 7) is 0.114. The molecule has 0 fully saturated rings. The number of benzene rings is 2. The second-order valence-electron chi connectivity index (χ2n) is 4.45. The van der Waals surface area contributed by atoms with Crippen LogP contribution in [0.15, 0.2) is 59.4 Å². The number of halogens is 4. The molecule has 120 valence electrons. The Kier molecular flexibility index (Phi) is 7.26. The Morgan fingerprint density at radius 1 is 1.04 bits per heavy atom. The molecule has 4 nitrogen and oxygen atoms in total. The van der Waals surface area contributed by atoms with Gasteiger partial charge in [0.2, 0.25) is 0 Å². The predicted octanol–water partition coefficient (Wildman–Crippen LogP) is 5.30. The van der Waals surface area contributed by atoms with Crippen molar-refractivity contribution in [3.63, 3.8) is 0 Å². The van der Waals surface area contributed by atoms with Crippen LogP contribution in [0.4, 0.5) is 5.69 Å². The number of rotatable bonds is 5. The van der Waals surface area contributed by atoms with Gasteiger partial charge < -0.3 is 5.32 Å². The van der Waals surface area contributed by atoms with E-state index in [4.69, 9.17) is 0 Å². The lowest BCUT2D eigenvalue weighted by Gasteiger charge is -2.09. The van der Waals surface area contributed by atoms with Crippen LogP contribution in [-0.4, -0.2) is 18.7 Å². The van der Waals surface area contributed by atoms with Crippen LogP contribution in [0.1, 0.15) is 5.56 Å². The molecule has 0 saturated carbocycles. The van der Waals surface area contributed by atoms with E-state index in [0.29, 0.717) is 0 Å². The lowest BCUT2D eigenvalue weighted by atomic mass is 10.2. The van der Waals surface area contributed by atoms with Gasteiger partial charge in [-0.3, -0.25) is 4.79 Å². The number of carbonyl (C=O) groups is 1. The number of carbonyl (C=O) groups excluding carboxylic acids is 1. The maximum absolute atomic E-state index is 11.8. The average molecular weight is 569 g/mol. The highest BCUT2D eigenvalue weighted by Crippen LogP contribution is 2.32. The summed E-state index contributed by atoms with van der Waals surface area (Å²) in [5.74, 6) is -0.234. The van der Waals surface area contributed by atoms with Gasteiger partial charge in [0.15, 0.2) is 0 Å². The summed E-state index contributed by atoms with van der Waals surface area (Å²) in [6, 6.07) is 11.4. The van der Waals surface area contributed by atoms with Gasteiger partial charge in [-0.25, -0.2) is 5.43 Å². The molecular weight excluding hydrogens is 558 g/mol. The molecule has 0 saturated heterocycles. The maximum Gasteiger partial charge on any atom is 0.259 e. The van der Waals surface area contributed by atoms with E-state index in [2.05, 4.69) is 79.6 Å². The molecule has 0 radical (unpaired) electrons. The first-order valence-electron chi connectivity index (χ1n) is 6.41. The molecule has 0 bridgehead atoms. The normalized spacial score (nSPS) is 10.8. The number of hydrogen-bond donors (Lipinski definition) is 2. The fourth-order valence-corrected chi connectivity index (χ4v) is 3.53. The van der Waals surface area contributed by atoms with Gasteiger partial charge in [0.05, 0.1) is 18.4 Å². The zero-order valence-electron chi connectivity index (χ0n) is 11.6. The number of anilines is 1. The standard InChI is InChI=1S/C15H11Br4N3O/c16-10-3-1-2-9(4-10)7-21-22-15(23)8-20-14-6-12(18)11(17)5-13(14)19/h1-7,20H,8H2,(H,22,23)/b21-7+. The fraction of sp³-hybridized carbons (Fsp3) is 0.0667. The Morgan fingerprint density at radius 2 is 1.78 bits per heavy atom. The third kappa shape index (κ3) is 6.02. The summed E-state index contributed by atoms with van der Waals surface area (Å²) in [5, 5.41) is 6.98. The molecule has 2 rings (SSSR count). The van der Waals surface area contributed by atoms with Crippen LogP contribution in [0.3, 0.4) is 0 Å². The second-order valence-corrected chi connectivity index (χ2v) is 7.93. The van der Waals surface area contributed by atoms with Gasteiger partial charge >= 0.3 is 0 Å². The van der Waals surface area contributed by atoms with Crippen molar-refractivity contribution < 1.29 is 4.79 Å². The van der Waals surface area contributed by atoms with E-state index in [9.17, 15) is 4.79 Å². The highest BCUT2D eigenvalue weighted by molar-refractivity contribution is 9.13. The van der Waals surface area contributed by atoms with Gasteiger partial charge in [0.25, 0.3) is 5.91 Å². The van der Waals surface area contributed by atoms with Crippen molar-refractivity contribution in [2.45, 2.75) is 0 Å². The van der Waals surface area contributed by atoms with Gasteiger partial charge in [-0.05, 0) is 77.6 Å². The molecule has 0 heterocycles. The first-order chi connectivity index (χ1) is 11.0. The summed E-state index contributed by atoms with van der Waals surface area (Å²) in [4.78, 5) is 11.8. The van der Waals surface area contributed by atoms with E-state index >= 15 is 0 Å². The van der Waals surface area contributed by atoms with Crippen molar-refractivity contribution in [2.24, 2.45) is 5.10 Å². The van der Waals surface area contributed by atoms with Crippen molar-refractivity contribution in [2.75, 3.05) is 11.9 Å². The molecule has 8 heteroatoms. The molecule has 0 aliphatic carbocycles. The zero-order valence-corrected chi connectivity index (χ0v) is 18.0. The molecule has 23 heavy (non-hydrogen) atoms. The monoisotopic (exact) mass is 565 g/mol. The van der Waals surface area contributed by atoms with E-state index in [-0.39, 0.29) is 12.5 Å². The van der Waals surface area contributed by atoms with Crippen LogP contribution < -0.4 is 10.7 Å². The first-order valence-corrected chi connectivity index (χ1v) is 9.59. The Hall–Kier alpha value is -0.700. The van der Waals surface area contributed by atoms with E-state index in [1.165, 1.54) is 0 Å². The predicted molar refractivity (Wildman–Crippen MR) is 108 cm³/mol. The third-order valence-electron chi connectivity index (χ3n) is 2.70. The molecule has 2 N–H and O–H groups in total. The Labute approximate surface area is 167 Å². The lowest BCUT2D eigenvalue weighted by Crippen LogP contribution is -2.26. The van der Waals surface area contributed by atoms with Gasteiger partial charge in [-0.2, -0.15) is 5.10 Å². The third-order valence-corrected chi connectivity index (χ3v) is 5.69. The molecule has 2 aromatic rings. The minimum Gasteiger partial charge on any atom is -0.375 e. The van der Waals surface area contributed by atoms with Gasteiger partial charge in [-0.15, -0.1) is 0 Å². The van der Waals surface area contributed by atoms with Crippen LogP contribution >= 0.6 is 63.7 Å². The van der Waals surface area contributed by atoms with E-state index in [1.807, 2.05) is 36.4 Å². The van der Waals surface area contributed by atoms with E-state index in [1.54, 1.807) is 6.21 Å².